The highest BCUT2D eigenvalue weighted by atomic mass is 127. The molecule has 184 valence electrons. The van der Waals surface area contributed by atoms with E-state index in [4.69, 9.17) is 9.47 Å². The van der Waals surface area contributed by atoms with Crippen molar-refractivity contribution >= 4 is 29.9 Å². The maximum absolute atomic E-state index is 5.67. The lowest BCUT2D eigenvalue weighted by molar-refractivity contribution is 0.136. The van der Waals surface area contributed by atoms with Crippen LogP contribution in [0.2, 0.25) is 0 Å². The highest BCUT2D eigenvalue weighted by Gasteiger charge is 2.14. The van der Waals surface area contributed by atoms with Crippen molar-refractivity contribution in [3.63, 3.8) is 0 Å². The van der Waals surface area contributed by atoms with Gasteiger partial charge in [-0.25, -0.2) is 0 Å². The Morgan fingerprint density at radius 2 is 1.66 bits per heavy atom. The summed E-state index contributed by atoms with van der Waals surface area (Å²) < 4.78 is 11.0. The van der Waals surface area contributed by atoms with Gasteiger partial charge < -0.3 is 29.9 Å². The fraction of sp³-hybridized carbons (Fsp3) is 0.708. The van der Waals surface area contributed by atoms with E-state index in [0.29, 0.717) is 6.61 Å². The maximum atomic E-state index is 5.67. The molecule has 0 aromatic heterocycles. The van der Waals surface area contributed by atoms with Crippen LogP contribution in [0.15, 0.2) is 23.2 Å². The molecule has 1 heterocycles. The summed E-state index contributed by atoms with van der Waals surface area (Å²) in [4.78, 5) is 9.46. The number of methoxy groups -OCH3 is 1. The van der Waals surface area contributed by atoms with Gasteiger partial charge in [0.05, 0.1) is 13.7 Å². The standard InChI is InChI=1S/C24H43N5O2.HI/c1-5-28-16-18-29(19-17-28)15-8-7-13-26-24(25-3)27-14-9-10-21-11-12-22(30-4)23(20-21)31-6-2;/h11-12,20H,5-10,13-19H2,1-4H3,(H2,25,26,27);1H. The predicted octanol–water partition coefficient (Wildman–Crippen LogP) is 3.23. The van der Waals surface area contributed by atoms with Gasteiger partial charge in [-0.05, 0) is 63.4 Å². The molecule has 2 N–H and O–H groups in total. The molecular formula is C24H44IN5O2. The van der Waals surface area contributed by atoms with Gasteiger partial charge in [0.2, 0.25) is 0 Å². The molecule has 7 nitrogen and oxygen atoms in total. The molecule has 0 radical (unpaired) electrons. The van der Waals surface area contributed by atoms with Crippen molar-refractivity contribution in [1.29, 1.82) is 0 Å². The van der Waals surface area contributed by atoms with Gasteiger partial charge >= 0.3 is 0 Å². The molecule has 1 fully saturated rings. The summed E-state index contributed by atoms with van der Waals surface area (Å²) >= 11 is 0. The van der Waals surface area contributed by atoms with Crippen molar-refractivity contribution in [3.8, 4) is 11.5 Å². The second-order valence-corrected chi connectivity index (χ2v) is 7.93. The summed E-state index contributed by atoms with van der Waals surface area (Å²) in [6, 6.07) is 6.17. The maximum Gasteiger partial charge on any atom is 0.190 e. The molecule has 0 spiro atoms. The van der Waals surface area contributed by atoms with Crippen LogP contribution in [0.5, 0.6) is 11.5 Å². The topological polar surface area (TPSA) is 61.4 Å². The van der Waals surface area contributed by atoms with Crippen molar-refractivity contribution in [3.05, 3.63) is 23.8 Å². The third-order valence-corrected chi connectivity index (χ3v) is 5.79. The molecule has 2 rings (SSSR count). The largest absolute Gasteiger partial charge is 0.493 e. The van der Waals surface area contributed by atoms with Gasteiger partial charge in [0.25, 0.3) is 0 Å². The average molecular weight is 562 g/mol. The Morgan fingerprint density at radius 1 is 0.969 bits per heavy atom. The van der Waals surface area contributed by atoms with Crippen molar-refractivity contribution in [2.24, 2.45) is 4.99 Å². The number of unbranched alkanes of at least 4 members (excludes halogenated alkanes) is 1. The van der Waals surface area contributed by atoms with E-state index in [9.17, 15) is 0 Å². The Balaban J connectivity index is 0.00000512. The SMILES string of the molecule is CCOc1cc(CCCNC(=NC)NCCCCN2CCN(CC)CC2)ccc1OC.I. The van der Waals surface area contributed by atoms with Crippen LogP contribution in [0.25, 0.3) is 0 Å². The number of nitrogens with one attached hydrogen (secondary N) is 2. The highest BCUT2D eigenvalue weighted by molar-refractivity contribution is 14.0. The first-order valence-corrected chi connectivity index (χ1v) is 11.9. The van der Waals surface area contributed by atoms with Crippen molar-refractivity contribution in [1.82, 2.24) is 20.4 Å². The van der Waals surface area contributed by atoms with E-state index >= 15 is 0 Å². The van der Waals surface area contributed by atoms with Crippen LogP contribution in [0.1, 0.15) is 38.7 Å². The molecule has 1 saturated heterocycles. The van der Waals surface area contributed by atoms with Gasteiger partial charge in [-0.15, -0.1) is 24.0 Å². The van der Waals surface area contributed by atoms with Crippen LogP contribution < -0.4 is 20.1 Å². The summed E-state index contributed by atoms with van der Waals surface area (Å²) in [6.07, 6.45) is 4.41. The quantitative estimate of drug-likeness (QED) is 0.167. The molecule has 32 heavy (non-hydrogen) atoms. The Morgan fingerprint density at radius 3 is 2.28 bits per heavy atom. The summed E-state index contributed by atoms with van der Waals surface area (Å²) in [5.41, 5.74) is 1.26. The zero-order valence-electron chi connectivity index (χ0n) is 20.5. The van der Waals surface area contributed by atoms with Crippen LogP contribution >= 0.6 is 24.0 Å². The fourth-order valence-electron chi connectivity index (χ4n) is 3.86. The number of benzene rings is 1. The van der Waals surface area contributed by atoms with Gasteiger partial charge in [0.15, 0.2) is 17.5 Å². The minimum absolute atomic E-state index is 0. The molecule has 0 saturated carbocycles. The van der Waals surface area contributed by atoms with Gasteiger partial charge in [0, 0.05) is 46.3 Å². The van der Waals surface area contributed by atoms with Gasteiger partial charge in [-0.2, -0.15) is 0 Å². The number of ether oxygens (including phenoxy) is 2. The summed E-state index contributed by atoms with van der Waals surface area (Å²) in [6.45, 7) is 14.0. The molecule has 0 aliphatic carbocycles. The van der Waals surface area contributed by atoms with E-state index in [-0.39, 0.29) is 24.0 Å². The normalized spacial score (nSPS) is 15.2. The number of hydrogen-bond acceptors (Lipinski definition) is 5. The van der Waals surface area contributed by atoms with Crippen LogP contribution in [0.3, 0.4) is 0 Å². The first-order chi connectivity index (χ1) is 15.2. The predicted molar refractivity (Wildman–Crippen MR) is 145 cm³/mol. The third-order valence-electron chi connectivity index (χ3n) is 5.79. The number of guanidine groups is 1. The minimum atomic E-state index is 0. The summed E-state index contributed by atoms with van der Waals surface area (Å²) in [7, 11) is 3.51. The number of halogens is 1. The first-order valence-electron chi connectivity index (χ1n) is 11.9. The molecular weight excluding hydrogens is 517 g/mol. The molecule has 1 aliphatic rings. The summed E-state index contributed by atoms with van der Waals surface area (Å²) in [5, 5.41) is 6.86. The number of nitrogens with zero attached hydrogens (tertiary/aromatic N) is 3. The molecule has 0 atom stereocenters. The smallest absolute Gasteiger partial charge is 0.190 e. The van der Waals surface area contributed by atoms with E-state index in [1.54, 1.807) is 7.11 Å². The average Bonchev–Trinajstić information content (AvgIpc) is 2.81. The molecule has 1 aromatic carbocycles. The number of aryl methyl sites for hydroxylation is 1. The number of aliphatic imine (C=N–C) groups is 1. The molecule has 0 amide bonds. The molecule has 1 aromatic rings. The van der Waals surface area contributed by atoms with Gasteiger partial charge in [0.1, 0.15) is 0 Å². The zero-order valence-corrected chi connectivity index (χ0v) is 22.8. The van der Waals surface area contributed by atoms with Crippen LogP contribution in [0.4, 0.5) is 0 Å². The van der Waals surface area contributed by atoms with Gasteiger partial charge in [-0.3, -0.25) is 4.99 Å². The molecule has 0 unspecified atom stereocenters. The lowest BCUT2D eigenvalue weighted by Crippen LogP contribution is -2.46. The number of hydrogen-bond donors (Lipinski definition) is 2. The fourth-order valence-corrected chi connectivity index (χ4v) is 3.86. The van der Waals surface area contributed by atoms with Crippen molar-refractivity contribution in [2.75, 3.05) is 73.1 Å². The number of likely N-dealkylation sites (N-methyl/N-ethyl adjacent to an activating group) is 1. The van der Waals surface area contributed by atoms with Crippen LogP contribution in [0, 0.1) is 0 Å². The van der Waals surface area contributed by atoms with E-state index in [1.165, 1.54) is 57.7 Å². The second-order valence-electron chi connectivity index (χ2n) is 7.93. The van der Waals surface area contributed by atoms with E-state index in [1.807, 2.05) is 20.0 Å². The molecule has 1 aliphatic heterocycles. The first kappa shape index (κ1) is 28.8. The van der Waals surface area contributed by atoms with Crippen LogP contribution in [-0.4, -0.2) is 88.9 Å². The Hall–Kier alpha value is -1.26. The monoisotopic (exact) mass is 561 g/mol. The van der Waals surface area contributed by atoms with Crippen molar-refractivity contribution in [2.45, 2.75) is 39.5 Å². The lowest BCUT2D eigenvalue weighted by Gasteiger charge is -2.34. The number of piperazine rings is 1. The van der Waals surface area contributed by atoms with E-state index in [0.717, 1.165) is 43.4 Å². The zero-order chi connectivity index (χ0) is 22.3. The van der Waals surface area contributed by atoms with Crippen LogP contribution in [-0.2, 0) is 6.42 Å². The molecule has 0 bridgehead atoms. The lowest BCUT2D eigenvalue weighted by atomic mass is 10.1. The third kappa shape index (κ3) is 10.6. The molecule has 8 heteroatoms. The van der Waals surface area contributed by atoms with Crippen molar-refractivity contribution < 1.29 is 9.47 Å². The van der Waals surface area contributed by atoms with Gasteiger partial charge in [-0.1, -0.05) is 13.0 Å². The van der Waals surface area contributed by atoms with E-state index in [2.05, 4.69) is 44.5 Å². The Bertz CT molecular complexity index is 651. The van der Waals surface area contributed by atoms with E-state index < -0.39 is 0 Å². The summed E-state index contributed by atoms with van der Waals surface area (Å²) in [5.74, 6) is 2.50. The highest BCUT2D eigenvalue weighted by Crippen LogP contribution is 2.28. The Kier molecular flexibility index (Phi) is 15.5. The minimum Gasteiger partial charge on any atom is -0.493 e. The second kappa shape index (κ2) is 17.2. The number of rotatable bonds is 13. The Labute approximate surface area is 212 Å².